The van der Waals surface area contributed by atoms with Gasteiger partial charge in [0.05, 0.1) is 84.8 Å². The van der Waals surface area contributed by atoms with Crippen LogP contribution in [0.15, 0.2) is 230 Å². The van der Waals surface area contributed by atoms with Gasteiger partial charge in [-0.3, -0.25) is 0 Å². The Hall–Kier alpha value is -11.7. The highest BCUT2D eigenvalue weighted by atomic mass is 79.9. The zero-order valence-electron chi connectivity index (χ0n) is 56.4. The summed E-state index contributed by atoms with van der Waals surface area (Å²) in [5.74, 6) is 3.03. The molecule has 12 aromatic heterocycles. The van der Waals surface area contributed by atoms with Crippen LogP contribution in [-0.2, 0) is 53.1 Å². The van der Waals surface area contributed by atoms with E-state index in [0.717, 1.165) is 138 Å². The van der Waals surface area contributed by atoms with Gasteiger partial charge in [-0.25, -0.2) is 39.9 Å². The molecule has 0 saturated heterocycles. The van der Waals surface area contributed by atoms with Gasteiger partial charge < -0.3 is 62.4 Å². The van der Waals surface area contributed by atoms with Crippen LogP contribution in [0.2, 0.25) is 0 Å². The molecule has 4 N–H and O–H groups in total. The third kappa shape index (κ3) is 14.9. The number of pyridine rings is 8. The number of rotatable bonds is 19. The number of halogens is 1. The summed E-state index contributed by atoms with van der Waals surface area (Å²) in [4.78, 5) is 35.3. The van der Waals surface area contributed by atoms with E-state index in [2.05, 4.69) is 89.2 Å². The molecule has 21 nitrogen and oxygen atoms in total. The van der Waals surface area contributed by atoms with Crippen molar-refractivity contribution in [3.05, 3.63) is 269 Å². The van der Waals surface area contributed by atoms with Crippen molar-refractivity contribution >= 4 is 60.1 Å². The number of aromatic nitrogens is 12. The molecule has 0 aliphatic carbocycles. The Kier molecular flexibility index (Phi) is 22.2. The first-order valence-electron chi connectivity index (χ1n) is 32.2. The molecule has 0 bridgehead atoms. The third-order valence-corrected chi connectivity index (χ3v) is 17.8. The standard InChI is InChI=1S/C22H21N3O3.C21H18BrN3O2.C21H19N3O2.C15H15N3O2/c1-27-17-6-3-5-15(11-17)13-25-19(14-26)21(18-7-4-10-23-22(18)25)16-8-9-20(28-2)24-12-16;1-27-19-8-7-15(11-24-19)20-17-6-3-9-23-21(17)25(18(20)13-26)12-14-4-2-5-16(22)10-14;1-26-19-10-9-16(12-23-19)20-17-8-5-11-22-21(17)24(18(20)14-25)13-15-6-3-2-4-7-15;1-18-12(9-19)14(11-4-3-7-16-15(11)18)10-5-6-13(20-2)17-8-10/h3-12,26H,13-14H2,1-2H3;2-11,26H,12-13H2,1H3;2-12,25H,13-14H2,1H3;3-8,19H,9H2,1-2H3. The summed E-state index contributed by atoms with van der Waals surface area (Å²) in [7, 11) is 9.92. The molecule has 15 rings (SSSR count). The molecule has 3 aromatic carbocycles. The van der Waals surface area contributed by atoms with E-state index in [-0.39, 0.29) is 26.4 Å². The molecule has 0 unspecified atom stereocenters. The maximum Gasteiger partial charge on any atom is 0.212 e. The SMILES string of the molecule is COc1ccc(-c2c(CO)n(C)c3ncccc23)cn1.COc1ccc(-c2c(CO)n(Cc3cccc(Br)c3)c3ncccc23)cn1.COc1ccc(-c2c(CO)n(Cc3ccccc3)c3ncccc23)cn1.COc1cccc(Cn2c(CO)c(-c3ccc(OC)nc3)c3cccnc32)c1. The van der Waals surface area contributed by atoms with Crippen LogP contribution in [0.3, 0.4) is 0 Å². The van der Waals surface area contributed by atoms with Gasteiger partial charge in [-0.1, -0.05) is 70.5 Å². The van der Waals surface area contributed by atoms with Gasteiger partial charge in [0.1, 0.15) is 28.3 Å². The number of methoxy groups -OCH3 is 5. The van der Waals surface area contributed by atoms with Gasteiger partial charge in [0, 0.05) is 171 Å². The van der Waals surface area contributed by atoms with Crippen molar-refractivity contribution in [3.63, 3.8) is 0 Å². The Morgan fingerprint density at radius 3 is 1.01 bits per heavy atom. The Morgan fingerprint density at radius 1 is 0.327 bits per heavy atom. The van der Waals surface area contributed by atoms with Gasteiger partial charge in [0.2, 0.25) is 23.5 Å². The quantitative estimate of drug-likeness (QED) is 0.0587. The van der Waals surface area contributed by atoms with E-state index >= 15 is 0 Å². The normalized spacial score (nSPS) is 11.0. The van der Waals surface area contributed by atoms with Crippen LogP contribution >= 0.6 is 15.9 Å². The Bertz CT molecular complexity index is 5280. The van der Waals surface area contributed by atoms with E-state index in [9.17, 15) is 20.4 Å². The smallest absolute Gasteiger partial charge is 0.212 e. The lowest BCUT2D eigenvalue weighted by molar-refractivity contribution is 0.272. The maximum atomic E-state index is 10.2. The molecule has 0 atom stereocenters. The molecule has 0 saturated carbocycles. The lowest BCUT2D eigenvalue weighted by Gasteiger charge is -2.11. The number of nitrogens with zero attached hydrogens (tertiary/aromatic N) is 12. The molecule has 0 aliphatic rings. The Labute approximate surface area is 591 Å². The third-order valence-electron chi connectivity index (χ3n) is 17.3. The lowest BCUT2D eigenvalue weighted by atomic mass is 10.0. The maximum absolute atomic E-state index is 10.2. The highest BCUT2D eigenvalue weighted by Gasteiger charge is 2.24. The van der Waals surface area contributed by atoms with E-state index in [1.165, 1.54) is 0 Å². The summed E-state index contributed by atoms with van der Waals surface area (Å²) in [5, 5.41) is 44.2. The minimum absolute atomic E-state index is 0.0474. The zero-order chi connectivity index (χ0) is 70.4. The summed E-state index contributed by atoms with van der Waals surface area (Å²) in [5.41, 5.74) is 17.5. The van der Waals surface area contributed by atoms with E-state index in [1.54, 1.807) is 85.1 Å². The minimum Gasteiger partial charge on any atom is -0.497 e. The predicted octanol–water partition coefficient (Wildman–Crippen LogP) is 13.8. The monoisotopic (exact) mass is 1410 g/mol. The first-order valence-corrected chi connectivity index (χ1v) is 33.0. The molecule has 12 heterocycles. The van der Waals surface area contributed by atoms with Crippen LogP contribution in [0.5, 0.6) is 29.3 Å². The molecule has 0 fully saturated rings. The topological polar surface area (TPSA) is 250 Å². The second-order valence-corrected chi connectivity index (χ2v) is 24.0. The van der Waals surface area contributed by atoms with Crippen molar-refractivity contribution in [2.75, 3.05) is 35.5 Å². The van der Waals surface area contributed by atoms with Crippen LogP contribution < -0.4 is 23.7 Å². The fourth-order valence-corrected chi connectivity index (χ4v) is 13.0. The minimum atomic E-state index is -0.109. The highest BCUT2D eigenvalue weighted by molar-refractivity contribution is 9.10. The van der Waals surface area contributed by atoms with Gasteiger partial charge in [-0.15, -0.1) is 0 Å². The largest absolute Gasteiger partial charge is 0.497 e. The van der Waals surface area contributed by atoms with Crippen molar-refractivity contribution in [2.45, 2.75) is 46.1 Å². The van der Waals surface area contributed by atoms with E-state index in [1.807, 2.05) is 168 Å². The molecule has 15 aromatic rings. The van der Waals surface area contributed by atoms with Crippen molar-refractivity contribution in [1.29, 1.82) is 0 Å². The summed E-state index contributed by atoms with van der Waals surface area (Å²) in [6, 6.07) is 57.0. The molecule has 0 spiro atoms. The molecule has 0 aliphatic heterocycles. The number of fused-ring (bicyclic) bond motifs is 4. The van der Waals surface area contributed by atoms with E-state index in [0.29, 0.717) is 43.2 Å². The molecule has 0 amide bonds. The summed E-state index contributed by atoms with van der Waals surface area (Å²) < 4.78 is 35.0. The molecule has 0 radical (unpaired) electrons. The van der Waals surface area contributed by atoms with Crippen LogP contribution in [0.25, 0.3) is 88.6 Å². The second-order valence-electron chi connectivity index (χ2n) is 23.1. The van der Waals surface area contributed by atoms with Gasteiger partial charge >= 0.3 is 0 Å². The Balaban J connectivity index is 0.000000128. The van der Waals surface area contributed by atoms with Crippen molar-refractivity contribution < 1.29 is 44.1 Å². The summed E-state index contributed by atoms with van der Waals surface area (Å²) in [6.45, 7) is 1.51. The number of benzene rings is 3. The average Bonchev–Trinajstić information content (AvgIpc) is 1.63. The number of hydrogen-bond acceptors (Lipinski definition) is 17. The van der Waals surface area contributed by atoms with Crippen molar-refractivity contribution in [3.8, 4) is 73.8 Å². The van der Waals surface area contributed by atoms with Crippen LogP contribution in [0.1, 0.15) is 39.5 Å². The first-order chi connectivity index (χ1) is 49.5. The average molecular weight is 1410 g/mol. The van der Waals surface area contributed by atoms with Crippen LogP contribution in [0, 0.1) is 0 Å². The highest BCUT2D eigenvalue weighted by Crippen LogP contribution is 2.39. The molecular weight excluding hydrogens is 1340 g/mol. The summed E-state index contributed by atoms with van der Waals surface area (Å²) in [6.07, 6.45) is 14.1. The first kappa shape index (κ1) is 69.2. The fourth-order valence-electron chi connectivity index (χ4n) is 12.6. The van der Waals surface area contributed by atoms with Crippen LogP contribution in [0.4, 0.5) is 0 Å². The van der Waals surface area contributed by atoms with Crippen LogP contribution in [-0.4, -0.2) is 114 Å². The summed E-state index contributed by atoms with van der Waals surface area (Å²) >= 11 is 3.52. The molecule has 101 heavy (non-hydrogen) atoms. The number of aliphatic hydroxyl groups is 4. The fraction of sp³-hybridized carbons (Fsp3) is 0.165. The van der Waals surface area contributed by atoms with Crippen molar-refractivity contribution in [2.24, 2.45) is 7.05 Å². The zero-order valence-corrected chi connectivity index (χ0v) is 58.0. The molecular formula is C79H73BrN12O9. The van der Waals surface area contributed by atoms with Crippen molar-refractivity contribution in [1.82, 2.24) is 58.1 Å². The predicted molar refractivity (Wildman–Crippen MR) is 394 cm³/mol. The molecule has 510 valence electrons. The van der Waals surface area contributed by atoms with E-state index in [4.69, 9.17) is 23.7 Å². The lowest BCUT2D eigenvalue weighted by Crippen LogP contribution is -2.06. The van der Waals surface area contributed by atoms with Gasteiger partial charge in [0.25, 0.3) is 0 Å². The van der Waals surface area contributed by atoms with E-state index < -0.39 is 0 Å². The number of aryl methyl sites for hydroxylation is 1. The number of ether oxygens (including phenoxy) is 5. The number of aliphatic hydroxyl groups excluding tert-OH is 4. The van der Waals surface area contributed by atoms with Gasteiger partial charge in [-0.2, -0.15) is 0 Å². The Morgan fingerprint density at radius 2 is 0.663 bits per heavy atom. The van der Waals surface area contributed by atoms with Gasteiger partial charge in [0.15, 0.2) is 0 Å². The van der Waals surface area contributed by atoms with Gasteiger partial charge in [-0.05, 0) is 114 Å². The number of hydrogen-bond donors (Lipinski definition) is 4. The molecule has 22 heteroatoms. The second kappa shape index (κ2) is 32.3.